The van der Waals surface area contributed by atoms with E-state index in [1.165, 1.54) is 11.3 Å². The Morgan fingerprint density at radius 2 is 1.89 bits per heavy atom. The highest BCUT2D eigenvalue weighted by Crippen LogP contribution is 2.36. The van der Waals surface area contributed by atoms with Crippen molar-refractivity contribution >= 4 is 23.4 Å². The summed E-state index contributed by atoms with van der Waals surface area (Å²) in [6, 6.07) is 8.41. The number of pyridine rings is 1. The minimum absolute atomic E-state index is 0.210. The summed E-state index contributed by atoms with van der Waals surface area (Å²) in [4.78, 5) is 35.9. The summed E-state index contributed by atoms with van der Waals surface area (Å²) in [6.45, 7) is 8.42. The lowest BCUT2D eigenvalue weighted by atomic mass is 9.95. The van der Waals surface area contributed by atoms with Gasteiger partial charge in [-0.25, -0.2) is 9.79 Å². The molecule has 182 valence electrons. The van der Waals surface area contributed by atoms with Crippen molar-refractivity contribution in [3.63, 3.8) is 0 Å². The lowest BCUT2D eigenvalue weighted by Crippen LogP contribution is -2.40. The molecular formula is C26H27N3O5S. The maximum atomic E-state index is 13.6. The molecule has 4 rings (SSSR count). The van der Waals surface area contributed by atoms with Crippen molar-refractivity contribution in [3.8, 4) is 11.5 Å². The van der Waals surface area contributed by atoms with Gasteiger partial charge in [0.15, 0.2) is 16.3 Å². The molecule has 9 heteroatoms. The number of esters is 1. The van der Waals surface area contributed by atoms with E-state index in [1.54, 1.807) is 43.0 Å². The number of hydrogen-bond donors (Lipinski definition) is 0. The van der Waals surface area contributed by atoms with Crippen LogP contribution in [0.1, 0.15) is 44.9 Å². The van der Waals surface area contributed by atoms with Gasteiger partial charge in [0.25, 0.3) is 5.56 Å². The van der Waals surface area contributed by atoms with E-state index in [0.717, 1.165) is 5.56 Å². The van der Waals surface area contributed by atoms with E-state index in [-0.39, 0.29) is 12.2 Å². The Balaban J connectivity index is 1.95. The summed E-state index contributed by atoms with van der Waals surface area (Å²) < 4.78 is 18.9. The molecule has 0 fully saturated rings. The fourth-order valence-electron chi connectivity index (χ4n) is 3.96. The predicted octanol–water partition coefficient (Wildman–Crippen LogP) is 2.99. The van der Waals surface area contributed by atoms with Crippen molar-refractivity contribution in [2.24, 2.45) is 4.99 Å². The number of fused-ring (bicyclic) bond motifs is 1. The molecule has 3 heterocycles. The number of nitrogens with zero attached hydrogens (tertiary/aromatic N) is 3. The van der Waals surface area contributed by atoms with E-state index >= 15 is 0 Å². The Hall–Kier alpha value is -3.72. The van der Waals surface area contributed by atoms with E-state index in [4.69, 9.17) is 14.2 Å². The summed E-state index contributed by atoms with van der Waals surface area (Å²) in [5.74, 6) is 0.634. The Morgan fingerprint density at radius 3 is 2.57 bits per heavy atom. The van der Waals surface area contributed by atoms with Crippen LogP contribution in [0.3, 0.4) is 0 Å². The van der Waals surface area contributed by atoms with E-state index < -0.39 is 12.0 Å². The first-order chi connectivity index (χ1) is 17.0. The largest absolute Gasteiger partial charge is 0.490 e. The Kier molecular flexibility index (Phi) is 7.45. The molecule has 1 aliphatic heterocycles. The number of ether oxygens (including phenoxy) is 3. The standard InChI is InChI=1S/C26H27N3O5S/c1-5-32-19-11-10-18(14-20(19)33-6-2)23-22(25(31)34-7-3)16(4)28-26-29(23)24(30)21(35-26)13-17-9-8-12-27-15-17/h8-15,23H,5-7H2,1-4H3/b21-13+. The smallest absolute Gasteiger partial charge is 0.338 e. The van der Waals surface area contributed by atoms with Gasteiger partial charge in [0.1, 0.15) is 0 Å². The van der Waals surface area contributed by atoms with E-state index in [0.29, 0.717) is 50.9 Å². The average Bonchev–Trinajstić information content (AvgIpc) is 3.14. The van der Waals surface area contributed by atoms with Crippen molar-refractivity contribution in [3.05, 3.63) is 84.8 Å². The monoisotopic (exact) mass is 493 g/mol. The molecule has 0 amide bonds. The molecule has 2 aromatic heterocycles. The molecule has 1 aliphatic rings. The zero-order valence-corrected chi connectivity index (χ0v) is 20.9. The van der Waals surface area contributed by atoms with Crippen LogP contribution in [0.4, 0.5) is 0 Å². The first kappa shape index (κ1) is 24.4. The molecule has 0 spiro atoms. The fraction of sp³-hybridized carbons (Fsp3) is 0.308. The van der Waals surface area contributed by atoms with Crippen molar-refractivity contribution in [2.45, 2.75) is 33.7 Å². The highest BCUT2D eigenvalue weighted by Gasteiger charge is 2.34. The van der Waals surface area contributed by atoms with Gasteiger partial charge in [0, 0.05) is 12.4 Å². The first-order valence-electron chi connectivity index (χ1n) is 11.5. The number of carbonyl (C=O) groups is 1. The second-order valence-corrected chi connectivity index (χ2v) is 8.67. The lowest BCUT2D eigenvalue weighted by Gasteiger charge is -2.25. The molecule has 0 radical (unpaired) electrons. The normalized spacial score (nSPS) is 15.4. The second kappa shape index (κ2) is 10.7. The SMILES string of the molecule is CCOC(=O)C1=C(C)N=c2s/c(=C/c3cccnc3)c(=O)n2C1c1ccc(OCC)c(OCC)c1. The van der Waals surface area contributed by atoms with Crippen LogP contribution in [0.25, 0.3) is 6.08 Å². The Bertz CT molecular complexity index is 1440. The topological polar surface area (TPSA) is 92.0 Å². The molecule has 35 heavy (non-hydrogen) atoms. The Morgan fingerprint density at radius 1 is 1.11 bits per heavy atom. The molecule has 0 aliphatic carbocycles. The van der Waals surface area contributed by atoms with Crippen LogP contribution in [-0.2, 0) is 9.53 Å². The highest BCUT2D eigenvalue weighted by molar-refractivity contribution is 7.07. The minimum Gasteiger partial charge on any atom is -0.490 e. The van der Waals surface area contributed by atoms with Gasteiger partial charge >= 0.3 is 5.97 Å². The van der Waals surface area contributed by atoms with Gasteiger partial charge in [0.2, 0.25) is 0 Å². The van der Waals surface area contributed by atoms with Gasteiger partial charge < -0.3 is 14.2 Å². The van der Waals surface area contributed by atoms with Crippen molar-refractivity contribution in [1.82, 2.24) is 9.55 Å². The molecule has 0 saturated carbocycles. The van der Waals surface area contributed by atoms with Gasteiger partial charge in [-0.1, -0.05) is 23.5 Å². The van der Waals surface area contributed by atoms with Crippen LogP contribution in [0, 0.1) is 0 Å². The quantitative estimate of drug-likeness (QED) is 0.448. The van der Waals surface area contributed by atoms with Crippen molar-refractivity contribution in [2.75, 3.05) is 19.8 Å². The highest BCUT2D eigenvalue weighted by atomic mass is 32.1. The van der Waals surface area contributed by atoms with Crippen LogP contribution in [0.15, 0.2) is 63.8 Å². The number of benzene rings is 1. The third-order valence-corrected chi connectivity index (χ3v) is 6.37. The van der Waals surface area contributed by atoms with Crippen molar-refractivity contribution < 1.29 is 19.0 Å². The molecule has 0 bridgehead atoms. The zero-order valence-electron chi connectivity index (χ0n) is 20.1. The number of hydrogen-bond acceptors (Lipinski definition) is 8. The van der Waals surface area contributed by atoms with Gasteiger partial charge in [-0.2, -0.15) is 0 Å². The molecule has 1 atom stereocenters. The van der Waals surface area contributed by atoms with Gasteiger partial charge in [-0.15, -0.1) is 0 Å². The molecule has 1 aromatic carbocycles. The molecule has 0 N–H and O–H groups in total. The number of aromatic nitrogens is 2. The van der Waals surface area contributed by atoms with E-state index in [1.807, 2.05) is 38.1 Å². The molecule has 3 aromatic rings. The number of thiazole rings is 1. The second-order valence-electron chi connectivity index (χ2n) is 7.66. The predicted molar refractivity (Wildman–Crippen MR) is 133 cm³/mol. The van der Waals surface area contributed by atoms with Crippen LogP contribution in [-0.4, -0.2) is 35.3 Å². The van der Waals surface area contributed by atoms with Crippen LogP contribution in [0.2, 0.25) is 0 Å². The number of carbonyl (C=O) groups excluding carboxylic acids is 1. The summed E-state index contributed by atoms with van der Waals surface area (Å²) in [7, 11) is 0. The fourth-order valence-corrected chi connectivity index (χ4v) is 5.00. The van der Waals surface area contributed by atoms with Crippen LogP contribution in [0.5, 0.6) is 11.5 Å². The first-order valence-corrected chi connectivity index (χ1v) is 12.3. The Labute approximate surface area is 206 Å². The molecule has 8 nitrogen and oxygen atoms in total. The summed E-state index contributed by atoms with van der Waals surface area (Å²) in [6.07, 6.45) is 5.14. The number of allylic oxidation sites excluding steroid dienone is 1. The van der Waals surface area contributed by atoms with Gasteiger partial charge in [-0.05, 0) is 63.1 Å². The van der Waals surface area contributed by atoms with Crippen molar-refractivity contribution in [1.29, 1.82) is 0 Å². The van der Waals surface area contributed by atoms with Crippen LogP contribution < -0.4 is 24.4 Å². The van der Waals surface area contributed by atoms with E-state index in [2.05, 4.69) is 9.98 Å². The third-order valence-electron chi connectivity index (χ3n) is 5.38. The number of rotatable bonds is 8. The third kappa shape index (κ3) is 4.90. The maximum Gasteiger partial charge on any atom is 0.338 e. The molecular weight excluding hydrogens is 466 g/mol. The summed E-state index contributed by atoms with van der Waals surface area (Å²) in [5.41, 5.74) is 2.08. The summed E-state index contributed by atoms with van der Waals surface area (Å²) >= 11 is 1.27. The molecule has 1 unspecified atom stereocenters. The lowest BCUT2D eigenvalue weighted by molar-refractivity contribution is -0.139. The molecule has 0 saturated heterocycles. The van der Waals surface area contributed by atoms with E-state index in [9.17, 15) is 9.59 Å². The minimum atomic E-state index is -0.726. The summed E-state index contributed by atoms with van der Waals surface area (Å²) in [5, 5.41) is 0. The van der Waals surface area contributed by atoms with Gasteiger partial charge in [0.05, 0.1) is 41.7 Å². The zero-order chi connectivity index (χ0) is 24.9. The maximum absolute atomic E-state index is 13.6. The van der Waals surface area contributed by atoms with Crippen LogP contribution >= 0.6 is 11.3 Å². The van der Waals surface area contributed by atoms with Gasteiger partial charge in [-0.3, -0.25) is 14.3 Å². The average molecular weight is 494 g/mol.